The molecule has 170 valence electrons. The summed E-state index contributed by atoms with van der Waals surface area (Å²) in [5.74, 6) is -5.35. The van der Waals surface area contributed by atoms with Crippen molar-refractivity contribution in [1.29, 1.82) is 0 Å². The quantitative estimate of drug-likeness (QED) is 0.182. The van der Waals surface area contributed by atoms with Gasteiger partial charge < -0.3 is 31.3 Å². The highest BCUT2D eigenvalue weighted by atomic mass is 19.1. The van der Waals surface area contributed by atoms with E-state index in [1.54, 1.807) is 0 Å². The molecule has 2 atom stereocenters. The number of carboxylic acids is 3. The first-order valence-electron chi connectivity index (χ1n) is 9.24. The Bertz CT molecular complexity index is 820. The van der Waals surface area contributed by atoms with E-state index < -0.39 is 54.3 Å². The van der Waals surface area contributed by atoms with E-state index >= 15 is 0 Å². The highest BCUT2D eigenvalue weighted by molar-refractivity contribution is 5.94. The number of hydrogen-bond acceptors (Lipinski definition) is 6. The molecule has 0 radical (unpaired) electrons. The summed E-state index contributed by atoms with van der Waals surface area (Å²) in [5.41, 5.74) is 0.0881. The summed E-state index contributed by atoms with van der Waals surface area (Å²) in [4.78, 5) is 60.0. The van der Waals surface area contributed by atoms with Crippen molar-refractivity contribution in [1.82, 2.24) is 20.9 Å². The zero-order valence-electron chi connectivity index (χ0n) is 16.3. The van der Waals surface area contributed by atoms with E-state index in [1.165, 1.54) is 6.07 Å². The Kier molecular flexibility index (Phi) is 10.4. The molecule has 0 spiro atoms. The zero-order chi connectivity index (χ0) is 23.4. The van der Waals surface area contributed by atoms with Crippen LogP contribution in [0, 0.1) is 5.95 Å². The van der Waals surface area contributed by atoms with Crippen LogP contribution in [0.1, 0.15) is 42.5 Å². The molecule has 0 aliphatic rings. The molecule has 1 unspecified atom stereocenters. The highest BCUT2D eigenvalue weighted by Crippen LogP contribution is 2.04. The van der Waals surface area contributed by atoms with Crippen molar-refractivity contribution in [3.63, 3.8) is 0 Å². The Hall–Kier alpha value is -3.77. The van der Waals surface area contributed by atoms with Crippen LogP contribution in [0.5, 0.6) is 0 Å². The number of carbonyl (C=O) groups is 5. The fourth-order valence-corrected chi connectivity index (χ4v) is 2.46. The Morgan fingerprint density at radius 1 is 0.968 bits per heavy atom. The van der Waals surface area contributed by atoms with E-state index in [0.29, 0.717) is 12.8 Å². The van der Waals surface area contributed by atoms with Gasteiger partial charge in [-0.2, -0.15) is 4.39 Å². The lowest BCUT2D eigenvalue weighted by Crippen LogP contribution is -2.51. The molecule has 1 aromatic heterocycles. The molecule has 31 heavy (non-hydrogen) atoms. The number of unbranched alkanes of at least 4 members (excludes halogenated alkanes) is 1. The smallest absolute Gasteiger partial charge is 0.326 e. The summed E-state index contributed by atoms with van der Waals surface area (Å²) >= 11 is 0. The van der Waals surface area contributed by atoms with Crippen LogP contribution in [0.25, 0.3) is 0 Å². The molecule has 1 aromatic rings. The number of pyridine rings is 1. The van der Waals surface area contributed by atoms with Crippen molar-refractivity contribution in [2.24, 2.45) is 0 Å². The topological polar surface area (TPSA) is 195 Å². The summed E-state index contributed by atoms with van der Waals surface area (Å²) in [6.07, 6.45) is 0.949. The van der Waals surface area contributed by atoms with Crippen LogP contribution >= 0.6 is 0 Å². The molecule has 1 heterocycles. The fraction of sp³-hybridized carbons (Fsp3) is 0.444. The van der Waals surface area contributed by atoms with Crippen LogP contribution in [0.3, 0.4) is 0 Å². The van der Waals surface area contributed by atoms with Gasteiger partial charge in [0.15, 0.2) is 0 Å². The number of hydrogen-bond donors (Lipinski definition) is 6. The van der Waals surface area contributed by atoms with Crippen molar-refractivity contribution in [2.75, 3.05) is 6.54 Å². The number of rotatable bonds is 13. The van der Waals surface area contributed by atoms with Crippen LogP contribution in [0.4, 0.5) is 9.18 Å². The average molecular weight is 442 g/mol. The average Bonchev–Trinajstić information content (AvgIpc) is 2.69. The minimum atomic E-state index is -1.49. The monoisotopic (exact) mass is 442 g/mol. The van der Waals surface area contributed by atoms with E-state index in [0.717, 1.165) is 12.3 Å². The van der Waals surface area contributed by atoms with Crippen molar-refractivity contribution in [3.05, 3.63) is 29.8 Å². The lowest BCUT2D eigenvalue weighted by atomic mass is 10.1. The number of carbonyl (C=O) groups excluding carboxylic acids is 2. The van der Waals surface area contributed by atoms with Gasteiger partial charge in [0.1, 0.15) is 12.1 Å². The number of aromatic nitrogens is 1. The highest BCUT2D eigenvalue weighted by Gasteiger charge is 2.24. The minimum Gasteiger partial charge on any atom is -0.481 e. The first-order valence-corrected chi connectivity index (χ1v) is 9.24. The van der Waals surface area contributed by atoms with Gasteiger partial charge in [-0.1, -0.05) is 0 Å². The van der Waals surface area contributed by atoms with Gasteiger partial charge in [0, 0.05) is 30.8 Å². The number of nitrogens with zero attached hydrogens (tertiary/aromatic N) is 1. The van der Waals surface area contributed by atoms with Gasteiger partial charge in [0.2, 0.25) is 5.95 Å². The predicted octanol–water partition coefficient (Wildman–Crippen LogP) is 0.191. The maximum absolute atomic E-state index is 13.0. The van der Waals surface area contributed by atoms with Crippen LogP contribution < -0.4 is 16.0 Å². The molecule has 0 saturated carbocycles. The Morgan fingerprint density at radius 2 is 1.58 bits per heavy atom. The summed E-state index contributed by atoms with van der Waals surface area (Å²) in [6, 6.07) is -1.56. The summed E-state index contributed by atoms with van der Waals surface area (Å²) < 4.78 is 13.0. The molecule has 12 nitrogen and oxygen atoms in total. The summed E-state index contributed by atoms with van der Waals surface area (Å²) in [7, 11) is 0. The second-order valence-corrected chi connectivity index (χ2v) is 6.45. The lowest BCUT2D eigenvalue weighted by molar-refractivity contribution is -0.140. The third-order valence-corrected chi connectivity index (χ3v) is 4.05. The van der Waals surface area contributed by atoms with E-state index in [-0.39, 0.29) is 24.9 Å². The van der Waals surface area contributed by atoms with E-state index in [9.17, 15) is 33.5 Å². The number of amides is 3. The van der Waals surface area contributed by atoms with E-state index in [4.69, 9.17) is 10.2 Å². The van der Waals surface area contributed by atoms with Crippen molar-refractivity contribution in [2.45, 2.75) is 44.2 Å². The normalized spacial score (nSPS) is 12.3. The largest absolute Gasteiger partial charge is 0.481 e. The first-order chi connectivity index (χ1) is 14.6. The van der Waals surface area contributed by atoms with Crippen LogP contribution in [-0.4, -0.2) is 68.8 Å². The Balaban J connectivity index is 2.42. The molecular weight excluding hydrogens is 419 g/mol. The molecule has 6 N–H and O–H groups in total. The molecule has 0 fully saturated rings. The summed E-state index contributed by atoms with van der Waals surface area (Å²) in [6.45, 7) is 0.178. The molecule has 0 aliphatic heterocycles. The van der Waals surface area contributed by atoms with Crippen molar-refractivity contribution < 1.29 is 43.7 Å². The van der Waals surface area contributed by atoms with E-state index in [2.05, 4.69) is 15.6 Å². The molecule has 0 aromatic carbocycles. The van der Waals surface area contributed by atoms with Gasteiger partial charge >= 0.3 is 23.9 Å². The van der Waals surface area contributed by atoms with Gasteiger partial charge in [0.05, 0.1) is 0 Å². The number of urea groups is 1. The molecular formula is C18H23FN4O8. The first kappa shape index (κ1) is 25.3. The maximum atomic E-state index is 13.0. The number of aliphatic carboxylic acids is 3. The standard InChI is InChI=1S/C18H23FN4O8/c19-13-9-10(6-8-20-13)15(26)21-7-2-1-3-11(16(27)28)22-18(31)23-12(17(29)30)4-5-14(24)25/h6,8-9,11-12H,1-5,7H2,(H,21,26)(H,24,25)(H,27,28)(H,29,30)(H2,22,23,31)/t11-,12?/m0/s1. The number of nitrogens with one attached hydrogen (secondary N) is 3. The molecule has 0 aliphatic carbocycles. The van der Waals surface area contributed by atoms with E-state index in [1.807, 2.05) is 5.32 Å². The zero-order valence-corrected chi connectivity index (χ0v) is 16.3. The number of halogens is 1. The third kappa shape index (κ3) is 10.0. The van der Waals surface area contributed by atoms with Crippen LogP contribution in [-0.2, 0) is 14.4 Å². The molecule has 3 amide bonds. The summed E-state index contributed by atoms with van der Waals surface area (Å²) in [5, 5.41) is 33.5. The van der Waals surface area contributed by atoms with Crippen molar-refractivity contribution >= 4 is 29.8 Å². The minimum absolute atomic E-state index is 0.00459. The third-order valence-electron chi connectivity index (χ3n) is 4.05. The van der Waals surface area contributed by atoms with Gasteiger partial charge in [-0.25, -0.2) is 19.4 Å². The van der Waals surface area contributed by atoms with Crippen LogP contribution in [0.15, 0.2) is 18.3 Å². The van der Waals surface area contributed by atoms with Gasteiger partial charge in [0.25, 0.3) is 5.91 Å². The second-order valence-electron chi connectivity index (χ2n) is 6.45. The van der Waals surface area contributed by atoms with Crippen LogP contribution in [0.2, 0.25) is 0 Å². The molecule has 0 saturated heterocycles. The van der Waals surface area contributed by atoms with Gasteiger partial charge in [-0.15, -0.1) is 0 Å². The fourth-order valence-electron chi connectivity index (χ4n) is 2.46. The molecule has 13 heteroatoms. The van der Waals surface area contributed by atoms with Crippen molar-refractivity contribution in [3.8, 4) is 0 Å². The molecule has 0 bridgehead atoms. The Labute approximate surface area is 175 Å². The number of carboxylic acid groups (broad SMARTS) is 3. The van der Waals surface area contributed by atoms with Gasteiger partial charge in [-0.3, -0.25) is 9.59 Å². The SMILES string of the molecule is O=C(O)CCC(NC(=O)N[C@@H](CCCCNC(=O)c1ccnc(F)c1)C(=O)O)C(=O)O. The van der Waals surface area contributed by atoms with Gasteiger partial charge in [-0.05, 0) is 31.7 Å². The lowest BCUT2D eigenvalue weighted by Gasteiger charge is -2.18. The second kappa shape index (κ2) is 12.7. The predicted molar refractivity (Wildman–Crippen MR) is 102 cm³/mol. The Morgan fingerprint density at radius 3 is 2.13 bits per heavy atom. The maximum Gasteiger partial charge on any atom is 0.326 e. The molecule has 1 rings (SSSR count).